The van der Waals surface area contributed by atoms with E-state index in [1.807, 2.05) is 0 Å². The van der Waals surface area contributed by atoms with Crippen LogP contribution in [-0.4, -0.2) is 47.2 Å². The Kier molecular flexibility index (Phi) is 5.51. The normalized spacial score (nSPS) is 15.6. The molecule has 1 aliphatic rings. The van der Waals surface area contributed by atoms with E-state index in [0.717, 1.165) is 25.9 Å². The molecule has 7 nitrogen and oxygen atoms in total. The van der Waals surface area contributed by atoms with Gasteiger partial charge in [-0.1, -0.05) is 12.2 Å². The fraction of sp³-hybridized carbons (Fsp3) is 0.500. The summed E-state index contributed by atoms with van der Waals surface area (Å²) in [5.74, 6) is 1.76. The smallest absolute Gasteiger partial charge is 0.231 e. The van der Waals surface area contributed by atoms with Crippen molar-refractivity contribution in [3.05, 3.63) is 25.3 Å². The zero-order valence-electron chi connectivity index (χ0n) is 12.3. The first-order valence-electron chi connectivity index (χ1n) is 7.19. The molecule has 4 N–H and O–H groups in total. The molecule has 0 bridgehead atoms. The molecule has 0 aromatic carbocycles. The predicted octanol–water partition coefficient (Wildman–Crippen LogP) is 0.995. The number of hydrogen-bond donors (Lipinski definition) is 3. The number of piperidine rings is 1. The molecule has 114 valence electrons. The predicted molar refractivity (Wildman–Crippen MR) is 86.6 cm³/mol. The molecule has 1 fully saturated rings. The number of nitrogens with zero attached hydrogens (tertiary/aromatic N) is 4. The van der Waals surface area contributed by atoms with Gasteiger partial charge in [-0.15, -0.1) is 13.2 Å². The zero-order chi connectivity index (χ0) is 15.1. The van der Waals surface area contributed by atoms with Gasteiger partial charge in [-0.05, 0) is 12.8 Å². The van der Waals surface area contributed by atoms with E-state index in [9.17, 15) is 0 Å². The van der Waals surface area contributed by atoms with E-state index in [2.05, 4.69) is 43.6 Å². The molecular weight excluding hydrogens is 266 g/mol. The highest BCUT2D eigenvalue weighted by molar-refractivity contribution is 5.44. The van der Waals surface area contributed by atoms with E-state index in [1.165, 1.54) is 0 Å². The average Bonchev–Trinajstić information content (AvgIpc) is 2.51. The molecule has 1 aliphatic heterocycles. The number of aromatic nitrogens is 3. The van der Waals surface area contributed by atoms with Crippen molar-refractivity contribution in [3.63, 3.8) is 0 Å². The molecule has 0 saturated carbocycles. The van der Waals surface area contributed by atoms with Gasteiger partial charge in [0.25, 0.3) is 0 Å². The van der Waals surface area contributed by atoms with Gasteiger partial charge in [0.1, 0.15) is 0 Å². The highest BCUT2D eigenvalue weighted by Gasteiger charge is 2.19. The summed E-state index contributed by atoms with van der Waals surface area (Å²) in [4.78, 5) is 15.4. The fourth-order valence-electron chi connectivity index (χ4n) is 2.09. The third kappa shape index (κ3) is 4.42. The van der Waals surface area contributed by atoms with Crippen LogP contribution in [0.4, 0.5) is 17.8 Å². The van der Waals surface area contributed by atoms with Crippen LogP contribution in [0.3, 0.4) is 0 Å². The summed E-state index contributed by atoms with van der Waals surface area (Å²) in [6.45, 7) is 10.3. The van der Waals surface area contributed by atoms with Crippen LogP contribution in [0.5, 0.6) is 0 Å². The van der Waals surface area contributed by atoms with E-state index in [0.29, 0.717) is 30.9 Å². The third-order valence-corrected chi connectivity index (χ3v) is 3.26. The minimum absolute atomic E-state index is 0.278. The van der Waals surface area contributed by atoms with E-state index >= 15 is 0 Å². The Morgan fingerprint density at radius 1 is 1.05 bits per heavy atom. The van der Waals surface area contributed by atoms with Crippen LogP contribution < -0.4 is 21.3 Å². The van der Waals surface area contributed by atoms with Crippen molar-refractivity contribution in [2.75, 3.05) is 41.7 Å². The molecule has 0 amide bonds. The van der Waals surface area contributed by atoms with Crippen molar-refractivity contribution in [2.45, 2.75) is 18.9 Å². The van der Waals surface area contributed by atoms with Crippen LogP contribution in [0.2, 0.25) is 0 Å². The molecule has 0 unspecified atom stereocenters. The standard InChI is InChI=1S/C14H23N7/c1-3-7-16-12-18-13(17-8-4-2)20-14(19-12)21-9-5-11(15)6-10-21/h3-4,11H,1-2,5-10,15H2,(H2,16,17,18,19,20). The van der Waals surface area contributed by atoms with Gasteiger partial charge in [-0.2, -0.15) is 15.0 Å². The van der Waals surface area contributed by atoms with Crippen LogP contribution in [0, 0.1) is 0 Å². The van der Waals surface area contributed by atoms with Gasteiger partial charge in [0.15, 0.2) is 0 Å². The number of rotatable bonds is 7. The molecule has 1 aromatic rings. The van der Waals surface area contributed by atoms with Crippen molar-refractivity contribution in [2.24, 2.45) is 5.73 Å². The summed E-state index contributed by atoms with van der Waals surface area (Å²) < 4.78 is 0. The van der Waals surface area contributed by atoms with E-state index < -0.39 is 0 Å². The zero-order valence-corrected chi connectivity index (χ0v) is 12.3. The lowest BCUT2D eigenvalue weighted by Gasteiger charge is -2.30. The Labute approximate surface area is 125 Å². The van der Waals surface area contributed by atoms with Crippen molar-refractivity contribution in [1.29, 1.82) is 0 Å². The molecule has 2 rings (SSSR count). The van der Waals surface area contributed by atoms with Gasteiger partial charge in [0.2, 0.25) is 17.8 Å². The molecular formula is C14H23N7. The van der Waals surface area contributed by atoms with Gasteiger partial charge in [-0.25, -0.2) is 0 Å². The Balaban J connectivity index is 2.16. The first kappa shape index (κ1) is 15.2. The van der Waals surface area contributed by atoms with Crippen LogP contribution in [0.25, 0.3) is 0 Å². The second-order valence-corrected chi connectivity index (χ2v) is 4.95. The van der Waals surface area contributed by atoms with Gasteiger partial charge in [0, 0.05) is 32.2 Å². The summed E-state index contributed by atoms with van der Waals surface area (Å²) in [6.07, 6.45) is 5.44. The highest BCUT2D eigenvalue weighted by Crippen LogP contribution is 2.18. The molecule has 0 atom stereocenters. The monoisotopic (exact) mass is 289 g/mol. The molecule has 2 heterocycles. The Morgan fingerprint density at radius 2 is 1.57 bits per heavy atom. The lowest BCUT2D eigenvalue weighted by Crippen LogP contribution is -2.40. The van der Waals surface area contributed by atoms with E-state index in [-0.39, 0.29) is 6.04 Å². The summed E-state index contributed by atoms with van der Waals surface area (Å²) in [5, 5.41) is 6.20. The summed E-state index contributed by atoms with van der Waals surface area (Å²) in [7, 11) is 0. The van der Waals surface area contributed by atoms with Gasteiger partial charge < -0.3 is 21.3 Å². The highest BCUT2D eigenvalue weighted by atomic mass is 15.3. The Hall–Kier alpha value is -2.15. The largest absolute Gasteiger partial charge is 0.351 e. The van der Waals surface area contributed by atoms with Crippen molar-refractivity contribution in [1.82, 2.24) is 15.0 Å². The van der Waals surface area contributed by atoms with Crippen molar-refractivity contribution >= 4 is 17.8 Å². The second kappa shape index (κ2) is 7.58. The molecule has 0 spiro atoms. The molecule has 1 saturated heterocycles. The molecule has 0 aliphatic carbocycles. The fourth-order valence-corrected chi connectivity index (χ4v) is 2.09. The van der Waals surface area contributed by atoms with Gasteiger partial charge >= 0.3 is 0 Å². The first-order valence-corrected chi connectivity index (χ1v) is 7.19. The first-order chi connectivity index (χ1) is 10.2. The van der Waals surface area contributed by atoms with Crippen molar-refractivity contribution < 1.29 is 0 Å². The Bertz CT molecular complexity index is 450. The summed E-state index contributed by atoms with van der Waals surface area (Å²) >= 11 is 0. The molecule has 0 radical (unpaired) electrons. The lowest BCUT2D eigenvalue weighted by atomic mass is 10.1. The second-order valence-electron chi connectivity index (χ2n) is 4.95. The topological polar surface area (TPSA) is 92.0 Å². The maximum atomic E-state index is 5.94. The van der Waals surface area contributed by atoms with Crippen molar-refractivity contribution in [3.8, 4) is 0 Å². The SMILES string of the molecule is C=CCNc1nc(NCC=C)nc(N2CCC(N)CC2)n1. The molecule has 7 heteroatoms. The lowest BCUT2D eigenvalue weighted by molar-refractivity contribution is 0.495. The maximum absolute atomic E-state index is 5.94. The van der Waals surface area contributed by atoms with Crippen LogP contribution in [0.15, 0.2) is 25.3 Å². The summed E-state index contributed by atoms with van der Waals surface area (Å²) in [5.41, 5.74) is 5.94. The van der Waals surface area contributed by atoms with Crippen LogP contribution >= 0.6 is 0 Å². The Morgan fingerprint density at radius 3 is 2.05 bits per heavy atom. The van der Waals surface area contributed by atoms with E-state index in [1.54, 1.807) is 12.2 Å². The van der Waals surface area contributed by atoms with E-state index in [4.69, 9.17) is 5.73 Å². The number of nitrogens with one attached hydrogen (secondary N) is 2. The average molecular weight is 289 g/mol. The maximum Gasteiger partial charge on any atom is 0.231 e. The molecule has 1 aromatic heterocycles. The number of hydrogen-bond acceptors (Lipinski definition) is 7. The summed E-state index contributed by atoms with van der Waals surface area (Å²) in [6, 6.07) is 0.278. The quantitative estimate of drug-likeness (QED) is 0.645. The number of nitrogens with two attached hydrogens (primary N) is 1. The molecule has 21 heavy (non-hydrogen) atoms. The minimum Gasteiger partial charge on any atom is -0.351 e. The number of anilines is 3. The van der Waals surface area contributed by atoms with Crippen LogP contribution in [0.1, 0.15) is 12.8 Å². The van der Waals surface area contributed by atoms with Gasteiger partial charge in [0.05, 0.1) is 0 Å². The van der Waals surface area contributed by atoms with Gasteiger partial charge in [-0.3, -0.25) is 0 Å². The third-order valence-electron chi connectivity index (χ3n) is 3.26. The minimum atomic E-state index is 0.278. The van der Waals surface area contributed by atoms with Crippen LogP contribution in [-0.2, 0) is 0 Å².